The van der Waals surface area contributed by atoms with Crippen LogP contribution in [0, 0.1) is 0 Å². The van der Waals surface area contributed by atoms with E-state index in [4.69, 9.17) is 18.7 Å². The van der Waals surface area contributed by atoms with Gasteiger partial charge in [-0.15, -0.1) is 0 Å². The second-order valence-corrected chi connectivity index (χ2v) is 12.5. The number of aromatic nitrogens is 3. The number of carbonyl (C=O) groups excluding carboxylic acids is 1. The van der Waals surface area contributed by atoms with Crippen molar-refractivity contribution in [3.63, 3.8) is 0 Å². The minimum absolute atomic E-state index is 0.0435. The highest BCUT2D eigenvalue weighted by atomic mass is 32.2. The zero-order valence-electron chi connectivity index (χ0n) is 23.6. The molecule has 2 aromatic carbocycles. The smallest absolute Gasteiger partial charge is 0.407 e. The Kier molecular flexibility index (Phi) is 7.56. The summed E-state index contributed by atoms with van der Waals surface area (Å²) < 4.78 is 52.8. The van der Waals surface area contributed by atoms with E-state index in [0.717, 1.165) is 41.5 Å². The number of benzene rings is 2. The van der Waals surface area contributed by atoms with Crippen LogP contribution in [0.1, 0.15) is 49.4 Å². The van der Waals surface area contributed by atoms with Gasteiger partial charge in [0.15, 0.2) is 11.4 Å². The van der Waals surface area contributed by atoms with Crippen LogP contribution in [0.15, 0.2) is 46.1 Å². The van der Waals surface area contributed by atoms with Crippen molar-refractivity contribution in [2.45, 2.75) is 63.6 Å². The minimum atomic E-state index is -4.03. The molecule has 0 fully saturated rings. The summed E-state index contributed by atoms with van der Waals surface area (Å²) in [6.45, 7) is 5.98. The first-order chi connectivity index (χ1) is 19.5. The largest absolute Gasteiger partial charge is 0.496 e. The van der Waals surface area contributed by atoms with Crippen molar-refractivity contribution in [1.29, 1.82) is 0 Å². The van der Waals surface area contributed by atoms with Crippen molar-refractivity contribution >= 4 is 32.9 Å². The first kappa shape index (κ1) is 28.3. The van der Waals surface area contributed by atoms with E-state index in [-0.39, 0.29) is 23.0 Å². The summed E-state index contributed by atoms with van der Waals surface area (Å²) in [6.07, 6.45) is 5.64. The van der Waals surface area contributed by atoms with E-state index in [2.05, 4.69) is 20.3 Å². The van der Waals surface area contributed by atoms with Gasteiger partial charge in [-0.2, -0.15) is 5.10 Å². The van der Waals surface area contributed by atoms with Gasteiger partial charge >= 0.3 is 6.09 Å². The standard InChI is InChI=1S/C28H33N5O7S/c1-28(2,3)39-27(34)29-13-17-14-30-33(15-17)16-20-10-23-21(12-22(20)37-4)26(31-40-23)32-41(35,36)25-11-19-8-6-7-18(19)9-24(25)38-5/h9-12,14-15H,6-8,13,16H2,1-5H3,(H,29,34)(H,31,32). The zero-order chi connectivity index (χ0) is 29.4. The quantitative estimate of drug-likeness (QED) is 0.293. The normalized spacial score (nSPS) is 13.2. The van der Waals surface area contributed by atoms with Crippen molar-refractivity contribution in [2.75, 3.05) is 18.9 Å². The van der Waals surface area contributed by atoms with E-state index < -0.39 is 21.7 Å². The molecule has 12 nitrogen and oxygen atoms in total. The number of fused-ring (bicyclic) bond motifs is 2. The molecule has 0 unspecified atom stereocenters. The molecule has 0 radical (unpaired) electrons. The van der Waals surface area contributed by atoms with Crippen LogP contribution in [0.25, 0.3) is 11.0 Å². The lowest BCUT2D eigenvalue weighted by molar-refractivity contribution is 0.0523. The minimum Gasteiger partial charge on any atom is -0.496 e. The number of amides is 1. The molecule has 0 aliphatic heterocycles. The number of rotatable bonds is 9. The number of anilines is 1. The van der Waals surface area contributed by atoms with Crippen LogP contribution in [0.2, 0.25) is 0 Å². The Morgan fingerprint density at radius 2 is 1.80 bits per heavy atom. The number of methoxy groups -OCH3 is 2. The van der Waals surface area contributed by atoms with Crippen LogP contribution in [0.4, 0.5) is 10.6 Å². The van der Waals surface area contributed by atoms with Gasteiger partial charge in [-0.3, -0.25) is 9.40 Å². The molecule has 4 aromatic rings. The van der Waals surface area contributed by atoms with Gasteiger partial charge in [-0.25, -0.2) is 13.2 Å². The Labute approximate surface area is 238 Å². The number of hydrogen-bond donors (Lipinski definition) is 2. The lowest BCUT2D eigenvalue weighted by Gasteiger charge is -2.19. The summed E-state index contributed by atoms with van der Waals surface area (Å²) in [7, 11) is -1.05. The highest BCUT2D eigenvalue weighted by Gasteiger charge is 2.26. The Bertz CT molecular complexity index is 1700. The van der Waals surface area contributed by atoms with Crippen LogP contribution in [-0.4, -0.2) is 49.3 Å². The van der Waals surface area contributed by atoms with E-state index in [1.165, 1.54) is 14.2 Å². The van der Waals surface area contributed by atoms with Gasteiger partial charge in [0.25, 0.3) is 10.0 Å². The SMILES string of the molecule is COc1cc2c(NS(=O)(=O)c3cc4c(cc3OC)CCC4)noc2cc1Cn1cc(CNC(=O)OC(C)(C)C)cn1. The molecule has 13 heteroatoms. The number of aryl methyl sites for hydroxylation is 2. The van der Waals surface area contributed by atoms with Crippen molar-refractivity contribution in [3.05, 3.63) is 58.9 Å². The second kappa shape index (κ2) is 11.0. The third-order valence-electron chi connectivity index (χ3n) is 6.63. The molecule has 0 saturated carbocycles. The highest BCUT2D eigenvalue weighted by Crippen LogP contribution is 2.36. The predicted octanol–water partition coefficient (Wildman–Crippen LogP) is 4.40. The highest BCUT2D eigenvalue weighted by molar-refractivity contribution is 7.92. The monoisotopic (exact) mass is 583 g/mol. The molecule has 2 heterocycles. The van der Waals surface area contributed by atoms with E-state index >= 15 is 0 Å². The number of hydrogen-bond acceptors (Lipinski definition) is 9. The Morgan fingerprint density at radius 1 is 1.07 bits per heavy atom. The Morgan fingerprint density at radius 3 is 2.51 bits per heavy atom. The fourth-order valence-electron chi connectivity index (χ4n) is 4.77. The third-order valence-corrected chi connectivity index (χ3v) is 7.99. The number of carbonyl (C=O) groups is 1. The average molecular weight is 584 g/mol. The number of alkyl carbamates (subject to hydrolysis) is 1. The maximum absolute atomic E-state index is 13.4. The first-order valence-electron chi connectivity index (χ1n) is 13.1. The van der Waals surface area contributed by atoms with Crippen LogP contribution in [0.3, 0.4) is 0 Å². The van der Waals surface area contributed by atoms with Crippen molar-refractivity contribution in [3.8, 4) is 11.5 Å². The molecule has 0 spiro atoms. The molecular weight excluding hydrogens is 550 g/mol. The summed E-state index contributed by atoms with van der Waals surface area (Å²) in [5.74, 6) is 0.827. The van der Waals surface area contributed by atoms with Gasteiger partial charge in [0.1, 0.15) is 22.0 Å². The van der Waals surface area contributed by atoms with Gasteiger partial charge in [0.2, 0.25) is 0 Å². The van der Waals surface area contributed by atoms with Gasteiger partial charge in [-0.1, -0.05) is 5.16 Å². The maximum Gasteiger partial charge on any atom is 0.407 e. The molecule has 41 heavy (non-hydrogen) atoms. The van der Waals surface area contributed by atoms with Gasteiger partial charge in [-0.05, 0) is 75.4 Å². The van der Waals surface area contributed by atoms with Crippen molar-refractivity contribution < 1.29 is 31.9 Å². The fourth-order valence-corrected chi connectivity index (χ4v) is 5.99. The summed E-state index contributed by atoms with van der Waals surface area (Å²) >= 11 is 0. The molecule has 0 bridgehead atoms. The number of nitrogens with one attached hydrogen (secondary N) is 2. The molecule has 1 amide bonds. The molecule has 5 rings (SSSR count). The summed E-state index contributed by atoms with van der Waals surface area (Å²) in [4.78, 5) is 12.0. The third kappa shape index (κ3) is 6.24. The number of sulfonamides is 1. The molecule has 1 aliphatic carbocycles. The van der Waals surface area contributed by atoms with Gasteiger partial charge in [0, 0.05) is 23.9 Å². The van der Waals surface area contributed by atoms with Crippen LogP contribution in [0.5, 0.6) is 11.5 Å². The molecular formula is C28H33N5O7S. The lowest BCUT2D eigenvalue weighted by atomic mass is 10.1. The summed E-state index contributed by atoms with van der Waals surface area (Å²) in [5, 5.41) is 11.5. The maximum atomic E-state index is 13.4. The topological polar surface area (TPSA) is 147 Å². The fraction of sp³-hybridized carbons (Fsp3) is 0.393. The van der Waals surface area contributed by atoms with Crippen molar-refractivity contribution in [2.24, 2.45) is 0 Å². The van der Waals surface area contributed by atoms with Crippen LogP contribution >= 0.6 is 0 Å². The van der Waals surface area contributed by atoms with Crippen LogP contribution in [-0.2, 0) is 40.7 Å². The molecule has 1 aliphatic rings. The molecule has 2 N–H and O–H groups in total. The average Bonchev–Trinajstić information content (AvgIpc) is 3.65. The van der Waals surface area contributed by atoms with E-state index in [1.54, 1.807) is 62.1 Å². The molecule has 0 atom stereocenters. The van der Waals surface area contributed by atoms with Crippen LogP contribution < -0.4 is 19.5 Å². The first-order valence-corrected chi connectivity index (χ1v) is 14.6. The molecule has 218 valence electrons. The summed E-state index contributed by atoms with van der Waals surface area (Å²) in [6, 6.07) is 6.87. The predicted molar refractivity (Wildman–Crippen MR) is 151 cm³/mol. The Hall–Kier alpha value is -4.26. The summed E-state index contributed by atoms with van der Waals surface area (Å²) in [5.41, 5.74) is 3.42. The molecule has 0 saturated heterocycles. The zero-order valence-corrected chi connectivity index (χ0v) is 24.4. The number of ether oxygens (including phenoxy) is 3. The van der Waals surface area contributed by atoms with E-state index in [9.17, 15) is 13.2 Å². The van der Waals surface area contributed by atoms with E-state index in [1.807, 2.05) is 0 Å². The lowest BCUT2D eigenvalue weighted by Crippen LogP contribution is -2.32. The van der Waals surface area contributed by atoms with E-state index in [0.29, 0.717) is 23.3 Å². The Balaban J connectivity index is 1.34. The number of nitrogens with zero attached hydrogens (tertiary/aromatic N) is 3. The second-order valence-electron chi connectivity index (χ2n) is 10.8. The van der Waals surface area contributed by atoms with Gasteiger partial charge < -0.3 is 24.1 Å². The van der Waals surface area contributed by atoms with Gasteiger partial charge in [0.05, 0.1) is 32.3 Å². The molecule has 2 aromatic heterocycles. The van der Waals surface area contributed by atoms with Crippen molar-refractivity contribution in [1.82, 2.24) is 20.3 Å².